The first kappa shape index (κ1) is 21.8. The summed E-state index contributed by atoms with van der Waals surface area (Å²) in [6.07, 6.45) is 4.71. The van der Waals surface area contributed by atoms with Gasteiger partial charge in [0.05, 0.1) is 32.2 Å². The van der Waals surface area contributed by atoms with Gasteiger partial charge in [0.1, 0.15) is 17.1 Å². The summed E-state index contributed by atoms with van der Waals surface area (Å²) in [6.45, 7) is 0. The minimum Gasteiger partial charge on any atom is -0.495 e. The van der Waals surface area contributed by atoms with Crippen LogP contribution in [-0.4, -0.2) is 29.6 Å². The smallest absolute Gasteiger partial charge is 0.174 e. The van der Waals surface area contributed by atoms with Gasteiger partial charge in [-0.3, -0.25) is 10.2 Å². The summed E-state index contributed by atoms with van der Waals surface area (Å²) >= 11 is 3.52. The molecule has 3 aromatic rings. The summed E-state index contributed by atoms with van der Waals surface area (Å²) < 4.78 is 13.2. The average molecular weight is 486 g/mol. The topological polar surface area (TPSA) is 81.0 Å². The van der Waals surface area contributed by atoms with Crippen molar-refractivity contribution in [2.75, 3.05) is 14.2 Å². The number of rotatable bonds is 3. The molecule has 0 radical (unpaired) electrons. The van der Waals surface area contributed by atoms with Gasteiger partial charge in [-0.25, -0.2) is 4.89 Å². The van der Waals surface area contributed by atoms with Gasteiger partial charge in [0.15, 0.2) is 5.60 Å². The molecule has 162 valence electrons. The lowest BCUT2D eigenvalue weighted by Gasteiger charge is -2.40. The lowest BCUT2D eigenvalue weighted by atomic mass is 9.72. The van der Waals surface area contributed by atoms with Crippen molar-refractivity contribution in [3.8, 4) is 11.5 Å². The summed E-state index contributed by atoms with van der Waals surface area (Å²) in [5.41, 5.74) is 0.661. The molecule has 31 heavy (non-hydrogen) atoms. The van der Waals surface area contributed by atoms with Gasteiger partial charge >= 0.3 is 0 Å². The number of hydrogen-bond donors (Lipinski definition) is 2. The fourth-order valence-corrected chi connectivity index (χ4v) is 5.28. The highest BCUT2D eigenvalue weighted by molar-refractivity contribution is 9.10. The van der Waals surface area contributed by atoms with Crippen LogP contribution in [0.1, 0.15) is 35.4 Å². The zero-order valence-corrected chi connectivity index (χ0v) is 18.9. The molecule has 5 rings (SSSR count). The van der Waals surface area contributed by atoms with Crippen LogP contribution >= 0.6 is 15.9 Å². The van der Waals surface area contributed by atoms with Crippen molar-refractivity contribution in [3.05, 3.63) is 88.2 Å². The molecular weight excluding hydrogens is 462 g/mol. The highest BCUT2D eigenvalue weighted by atomic mass is 79.9. The van der Waals surface area contributed by atoms with E-state index in [9.17, 15) is 5.11 Å². The molecule has 1 aliphatic carbocycles. The lowest BCUT2D eigenvalue weighted by Crippen LogP contribution is -2.48. The number of halogens is 1. The zero-order chi connectivity index (χ0) is 22.1. The number of aliphatic hydroxyl groups is 1. The second-order valence-corrected chi connectivity index (χ2v) is 8.52. The van der Waals surface area contributed by atoms with E-state index in [1.807, 2.05) is 42.5 Å². The Morgan fingerprint density at radius 1 is 1.06 bits per heavy atom. The molecule has 3 atom stereocenters. The number of methoxy groups -OCH3 is 1. The molecule has 1 aliphatic heterocycles. The van der Waals surface area contributed by atoms with Gasteiger partial charge in [-0.15, -0.1) is 0 Å². The monoisotopic (exact) mass is 485 g/mol. The largest absolute Gasteiger partial charge is 0.495 e. The summed E-state index contributed by atoms with van der Waals surface area (Å²) in [4.78, 5) is 7.50. The van der Waals surface area contributed by atoms with Crippen molar-refractivity contribution in [1.82, 2.24) is 4.98 Å². The van der Waals surface area contributed by atoms with E-state index in [2.05, 4.69) is 37.9 Å². The maximum Gasteiger partial charge on any atom is 0.174 e. The normalized spacial score (nSPS) is 25.6. The number of ether oxygens (including phenoxy) is 2. The van der Waals surface area contributed by atoms with Gasteiger partial charge in [-0.2, -0.15) is 0 Å². The Labute approximate surface area is 189 Å². The van der Waals surface area contributed by atoms with Crippen LogP contribution in [0.5, 0.6) is 11.5 Å². The SMILES string of the molecule is COO.COc1cncc2c1[C@]1(O)CCC(c3ccccc3)[C@]1(c1ccc(Br)cc1)O2. The van der Waals surface area contributed by atoms with E-state index in [1.54, 1.807) is 19.5 Å². The molecule has 1 fully saturated rings. The van der Waals surface area contributed by atoms with Crippen LogP contribution in [0.2, 0.25) is 0 Å². The molecule has 0 spiro atoms. The van der Waals surface area contributed by atoms with Crippen LogP contribution in [0.25, 0.3) is 0 Å². The first-order chi connectivity index (χ1) is 15.0. The molecule has 0 amide bonds. The molecule has 1 unspecified atom stereocenters. The molecule has 6 nitrogen and oxygen atoms in total. The number of pyridine rings is 1. The highest BCUT2D eigenvalue weighted by Crippen LogP contribution is 2.67. The van der Waals surface area contributed by atoms with Crippen LogP contribution < -0.4 is 9.47 Å². The van der Waals surface area contributed by atoms with Gasteiger partial charge in [-0.1, -0.05) is 58.4 Å². The Morgan fingerprint density at radius 2 is 1.74 bits per heavy atom. The predicted molar refractivity (Wildman–Crippen MR) is 119 cm³/mol. The molecule has 2 aliphatic rings. The summed E-state index contributed by atoms with van der Waals surface area (Å²) in [5.74, 6) is 1.15. The van der Waals surface area contributed by atoms with Gasteiger partial charge < -0.3 is 14.6 Å². The first-order valence-electron chi connectivity index (χ1n) is 9.94. The fourth-order valence-electron chi connectivity index (χ4n) is 5.02. The minimum atomic E-state index is -1.20. The van der Waals surface area contributed by atoms with E-state index in [0.29, 0.717) is 23.5 Å². The van der Waals surface area contributed by atoms with Crippen LogP contribution in [-0.2, 0) is 16.1 Å². The third kappa shape index (κ3) is 3.32. The minimum absolute atomic E-state index is 0.00279. The Hall–Kier alpha value is -2.45. The van der Waals surface area contributed by atoms with Gasteiger partial charge in [0.25, 0.3) is 0 Å². The number of hydrogen-bond acceptors (Lipinski definition) is 6. The Morgan fingerprint density at radius 3 is 2.39 bits per heavy atom. The van der Waals surface area contributed by atoms with E-state index < -0.39 is 11.2 Å². The molecule has 2 N–H and O–H groups in total. The quantitative estimate of drug-likeness (QED) is 0.400. The van der Waals surface area contributed by atoms with E-state index >= 15 is 0 Å². The van der Waals surface area contributed by atoms with Crippen LogP contribution in [0.4, 0.5) is 0 Å². The fraction of sp³-hybridized carbons (Fsp3) is 0.292. The Balaban J connectivity index is 0.000000730. The number of fused-ring (bicyclic) bond motifs is 3. The van der Waals surface area contributed by atoms with Gasteiger partial charge in [0, 0.05) is 10.4 Å². The highest BCUT2D eigenvalue weighted by Gasteiger charge is 2.69. The summed E-state index contributed by atoms with van der Waals surface area (Å²) in [6, 6.07) is 18.3. The molecular formula is C24H24BrNO5. The molecule has 0 bridgehead atoms. The third-order valence-corrected chi connectivity index (χ3v) is 6.68. The van der Waals surface area contributed by atoms with Crippen LogP contribution in [0.15, 0.2) is 71.5 Å². The maximum atomic E-state index is 12.2. The molecule has 0 saturated heterocycles. The van der Waals surface area contributed by atoms with Crippen molar-refractivity contribution in [2.45, 2.75) is 30.0 Å². The van der Waals surface area contributed by atoms with Crippen molar-refractivity contribution in [1.29, 1.82) is 0 Å². The van der Waals surface area contributed by atoms with E-state index in [1.165, 1.54) is 7.11 Å². The Kier molecular flexibility index (Phi) is 6.03. The first-order valence-corrected chi connectivity index (χ1v) is 10.7. The van der Waals surface area contributed by atoms with Crippen molar-refractivity contribution in [3.63, 3.8) is 0 Å². The van der Waals surface area contributed by atoms with Crippen molar-refractivity contribution < 1.29 is 24.7 Å². The average Bonchev–Trinajstić information content (AvgIpc) is 3.22. The van der Waals surface area contributed by atoms with Crippen LogP contribution in [0.3, 0.4) is 0 Å². The third-order valence-electron chi connectivity index (χ3n) is 6.16. The molecule has 2 aromatic carbocycles. The van der Waals surface area contributed by atoms with Crippen LogP contribution in [0, 0.1) is 0 Å². The molecule has 1 saturated carbocycles. The maximum absolute atomic E-state index is 12.2. The lowest BCUT2D eigenvalue weighted by molar-refractivity contribution is -0.214. The molecule has 1 aromatic heterocycles. The number of nitrogens with zero attached hydrogens (tertiary/aromatic N) is 1. The number of benzene rings is 2. The van der Waals surface area contributed by atoms with E-state index in [4.69, 9.17) is 14.7 Å². The van der Waals surface area contributed by atoms with Crippen molar-refractivity contribution >= 4 is 15.9 Å². The Bertz CT molecular complexity index is 1050. The van der Waals surface area contributed by atoms with E-state index in [0.717, 1.165) is 22.0 Å². The van der Waals surface area contributed by atoms with Gasteiger partial charge in [-0.05, 0) is 36.1 Å². The number of aromatic nitrogens is 1. The second-order valence-electron chi connectivity index (χ2n) is 7.60. The summed E-state index contributed by atoms with van der Waals surface area (Å²) in [7, 11) is 2.78. The summed E-state index contributed by atoms with van der Waals surface area (Å²) in [5, 5.41) is 19.2. The second kappa shape index (κ2) is 8.59. The van der Waals surface area contributed by atoms with E-state index in [-0.39, 0.29) is 5.92 Å². The zero-order valence-electron chi connectivity index (χ0n) is 17.3. The molecule has 7 heteroatoms. The van der Waals surface area contributed by atoms with Gasteiger partial charge in [0.2, 0.25) is 0 Å². The molecule has 2 heterocycles. The van der Waals surface area contributed by atoms with Crippen molar-refractivity contribution in [2.24, 2.45) is 0 Å². The standard InChI is InChI=1S/C23H20BrNO3.CH4O2/c1-27-19-13-25-14-20-21(19)22(26)12-11-18(15-5-3-2-4-6-15)23(22,28-20)16-7-9-17(24)10-8-16;1-3-2/h2-10,13-14,18,26H,11-12H2,1H3;2H,1H3/t18?,22-,23+;/m1./s1. The predicted octanol–water partition coefficient (Wildman–Crippen LogP) is 5.01.